The molecule has 1 amide bonds. The highest BCUT2D eigenvalue weighted by atomic mass is 19.1. The Morgan fingerprint density at radius 2 is 1.69 bits per heavy atom. The smallest absolute Gasteiger partial charge is 0.225 e. The highest BCUT2D eigenvalue weighted by molar-refractivity contribution is 6.12. The van der Waals surface area contributed by atoms with E-state index in [0.29, 0.717) is 18.7 Å². The first-order valence-corrected chi connectivity index (χ1v) is 16.2. The zero-order valence-electron chi connectivity index (χ0n) is 28.9. The van der Waals surface area contributed by atoms with Crippen LogP contribution in [-0.2, 0) is 4.79 Å². The van der Waals surface area contributed by atoms with Crippen molar-refractivity contribution >= 4 is 23.4 Å². The lowest BCUT2D eigenvalue weighted by molar-refractivity contribution is -0.135. The molecule has 0 saturated carbocycles. The number of hydrogen-bond acceptors (Lipinski definition) is 5. The standard InChI is InChI=1S/C26H36FN3O.C12H18N2/c1-7-9-14-28-20(5)25(22(8-2)23-12-10-11-13-24(23)27)21(6)29-15-17-30(18-16-29)26(31)19(3)4;1-4-6-11(3)14-9-8-12(10-13)7-5-2/h8-14,19H,7,15-18H2,1-6H3;8-9H,3-7H2,1-2H3/b14-9+,22-8-,25-21-,28-20+;12-8+,14-9?. The summed E-state index contributed by atoms with van der Waals surface area (Å²) < 4.78 is 14.7. The van der Waals surface area contributed by atoms with Crippen molar-refractivity contribution in [3.8, 4) is 6.07 Å². The summed E-state index contributed by atoms with van der Waals surface area (Å²) in [6.45, 7) is 22.8. The van der Waals surface area contributed by atoms with Crippen LogP contribution >= 0.6 is 0 Å². The number of benzene rings is 1. The molecule has 0 aromatic heterocycles. The molecule has 0 spiro atoms. The number of amides is 1. The molecular weight excluding hydrogens is 561 g/mol. The van der Waals surface area contributed by atoms with E-state index in [-0.39, 0.29) is 17.6 Å². The molecule has 7 heteroatoms. The number of allylic oxidation sites excluding steroid dienone is 8. The molecule has 1 aromatic rings. The monoisotopic (exact) mass is 615 g/mol. The Labute approximate surface area is 272 Å². The Morgan fingerprint density at radius 1 is 1.07 bits per heavy atom. The molecule has 1 aromatic carbocycles. The molecule has 1 fully saturated rings. The van der Waals surface area contributed by atoms with Crippen molar-refractivity contribution in [2.45, 2.75) is 87.5 Å². The van der Waals surface area contributed by atoms with Crippen molar-refractivity contribution in [1.82, 2.24) is 9.80 Å². The molecule has 0 N–H and O–H groups in total. The molecule has 0 unspecified atom stereocenters. The summed E-state index contributed by atoms with van der Waals surface area (Å²) in [4.78, 5) is 25.4. The van der Waals surface area contributed by atoms with Crippen molar-refractivity contribution in [1.29, 1.82) is 5.26 Å². The van der Waals surface area contributed by atoms with Gasteiger partial charge in [0.1, 0.15) is 5.82 Å². The zero-order chi connectivity index (χ0) is 33.8. The van der Waals surface area contributed by atoms with Crippen LogP contribution in [0.3, 0.4) is 0 Å². The van der Waals surface area contributed by atoms with Crippen molar-refractivity contribution < 1.29 is 9.18 Å². The maximum Gasteiger partial charge on any atom is 0.225 e. The summed E-state index contributed by atoms with van der Waals surface area (Å²) in [5, 5.41) is 8.72. The molecule has 1 aliphatic heterocycles. The summed E-state index contributed by atoms with van der Waals surface area (Å²) in [5.41, 5.74) is 5.90. The lowest BCUT2D eigenvalue weighted by Gasteiger charge is -2.38. The van der Waals surface area contributed by atoms with Gasteiger partial charge in [-0.2, -0.15) is 5.26 Å². The van der Waals surface area contributed by atoms with Crippen LogP contribution in [0.25, 0.3) is 5.57 Å². The average Bonchev–Trinajstić information content (AvgIpc) is 3.03. The van der Waals surface area contributed by atoms with Gasteiger partial charge in [-0.05, 0) is 57.7 Å². The molecule has 1 saturated heterocycles. The van der Waals surface area contributed by atoms with Gasteiger partial charge in [0.2, 0.25) is 5.91 Å². The quantitative estimate of drug-likeness (QED) is 0.126. The van der Waals surface area contributed by atoms with Gasteiger partial charge < -0.3 is 9.80 Å². The van der Waals surface area contributed by atoms with Gasteiger partial charge in [-0.15, -0.1) is 0 Å². The Hall–Kier alpha value is -4.05. The second kappa shape index (κ2) is 21.6. The van der Waals surface area contributed by atoms with Crippen LogP contribution < -0.4 is 0 Å². The van der Waals surface area contributed by atoms with E-state index in [1.165, 1.54) is 6.07 Å². The first-order valence-electron chi connectivity index (χ1n) is 16.2. The Balaban J connectivity index is 0.000000609. The van der Waals surface area contributed by atoms with Crippen molar-refractivity contribution in [3.05, 3.63) is 89.2 Å². The van der Waals surface area contributed by atoms with Gasteiger partial charge in [-0.1, -0.05) is 84.4 Å². The predicted octanol–water partition coefficient (Wildman–Crippen LogP) is 9.31. The summed E-state index contributed by atoms with van der Waals surface area (Å²) in [7, 11) is 0. The fourth-order valence-corrected chi connectivity index (χ4v) is 4.92. The second-order valence-electron chi connectivity index (χ2n) is 11.3. The van der Waals surface area contributed by atoms with Crippen LogP contribution in [0, 0.1) is 23.1 Å². The minimum atomic E-state index is -0.245. The predicted molar refractivity (Wildman–Crippen MR) is 189 cm³/mol. The van der Waals surface area contributed by atoms with E-state index < -0.39 is 0 Å². The van der Waals surface area contributed by atoms with Crippen molar-refractivity contribution in [3.63, 3.8) is 0 Å². The first-order chi connectivity index (χ1) is 21.6. The molecule has 244 valence electrons. The molecule has 0 bridgehead atoms. The number of nitriles is 1. The number of nitrogens with zero attached hydrogens (tertiary/aromatic N) is 5. The van der Waals surface area contributed by atoms with Crippen molar-refractivity contribution in [2.24, 2.45) is 15.9 Å². The van der Waals surface area contributed by atoms with E-state index in [4.69, 9.17) is 5.26 Å². The fraction of sp³-hybridized carbons (Fsp3) is 0.474. The van der Waals surface area contributed by atoms with Gasteiger partial charge in [-0.3, -0.25) is 14.8 Å². The lowest BCUT2D eigenvalue weighted by Crippen LogP contribution is -2.49. The molecular formula is C38H54FN5O. The van der Waals surface area contributed by atoms with E-state index in [9.17, 15) is 9.18 Å². The number of hydrogen-bond donors (Lipinski definition) is 0. The van der Waals surface area contributed by atoms with E-state index >= 15 is 0 Å². The van der Waals surface area contributed by atoms with Gasteiger partial charge >= 0.3 is 0 Å². The van der Waals surface area contributed by atoms with E-state index in [1.54, 1.807) is 18.4 Å². The van der Waals surface area contributed by atoms with Crippen LogP contribution in [0.2, 0.25) is 0 Å². The summed E-state index contributed by atoms with van der Waals surface area (Å²) in [6, 6.07) is 9.01. The topological polar surface area (TPSA) is 72.1 Å². The van der Waals surface area contributed by atoms with Crippen LogP contribution in [0.4, 0.5) is 4.39 Å². The largest absolute Gasteiger partial charge is 0.371 e. The molecule has 2 rings (SSSR count). The van der Waals surface area contributed by atoms with Gasteiger partial charge in [-0.25, -0.2) is 4.39 Å². The van der Waals surface area contributed by atoms with Crippen LogP contribution in [-0.4, -0.2) is 53.8 Å². The average molecular weight is 616 g/mol. The molecule has 45 heavy (non-hydrogen) atoms. The fourth-order valence-electron chi connectivity index (χ4n) is 4.92. The maximum absolute atomic E-state index is 14.7. The molecule has 0 aliphatic carbocycles. The Bertz CT molecular complexity index is 1330. The molecule has 0 radical (unpaired) electrons. The number of halogens is 1. The molecule has 0 atom stereocenters. The van der Waals surface area contributed by atoms with Crippen molar-refractivity contribution in [2.75, 3.05) is 26.2 Å². The highest BCUT2D eigenvalue weighted by Crippen LogP contribution is 2.31. The third-order valence-corrected chi connectivity index (χ3v) is 7.35. The van der Waals surface area contributed by atoms with Gasteiger partial charge in [0.15, 0.2) is 0 Å². The van der Waals surface area contributed by atoms with Crippen LogP contribution in [0.5, 0.6) is 0 Å². The Kier molecular flexibility index (Phi) is 18.7. The third kappa shape index (κ3) is 13.2. The zero-order valence-corrected chi connectivity index (χ0v) is 28.9. The number of rotatable bonds is 13. The maximum atomic E-state index is 14.7. The van der Waals surface area contributed by atoms with Gasteiger partial charge in [0.25, 0.3) is 0 Å². The van der Waals surface area contributed by atoms with E-state index in [2.05, 4.69) is 55.2 Å². The highest BCUT2D eigenvalue weighted by Gasteiger charge is 2.25. The second-order valence-corrected chi connectivity index (χ2v) is 11.3. The summed E-state index contributed by atoms with van der Waals surface area (Å²) >= 11 is 0. The first kappa shape index (κ1) is 39.0. The Morgan fingerprint density at radius 3 is 2.22 bits per heavy atom. The molecule has 6 nitrogen and oxygen atoms in total. The molecule has 1 heterocycles. The SMILES string of the molecule is C=C(CCC)N=C/C=C(/C#N)CCC.C\C=C(C(/C(C)=N/C=C/CC)=C(/C)N1CCN(C(=O)C(C)C)CC1)\c1ccccc1F. The van der Waals surface area contributed by atoms with E-state index in [1.807, 2.05) is 63.1 Å². The number of piperazine rings is 1. The lowest BCUT2D eigenvalue weighted by atomic mass is 9.92. The van der Waals surface area contributed by atoms with E-state index in [0.717, 1.165) is 79.0 Å². The number of carbonyl (C=O) groups is 1. The third-order valence-electron chi connectivity index (χ3n) is 7.35. The minimum absolute atomic E-state index is 0.00849. The van der Waals surface area contributed by atoms with Gasteiger partial charge in [0, 0.05) is 78.3 Å². The van der Waals surface area contributed by atoms with Gasteiger partial charge in [0.05, 0.1) is 6.07 Å². The van der Waals surface area contributed by atoms with Crippen LogP contribution in [0.15, 0.2) is 87.8 Å². The number of carbonyl (C=O) groups excluding carboxylic acids is 1. The molecule has 1 aliphatic rings. The minimum Gasteiger partial charge on any atom is -0.371 e. The number of aliphatic imine (C=N–C) groups is 2. The normalized spacial score (nSPS) is 15.3. The van der Waals surface area contributed by atoms with Crippen LogP contribution in [0.1, 0.15) is 93.1 Å². The summed E-state index contributed by atoms with van der Waals surface area (Å²) in [6.07, 6.45) is 13.9. The summed E-state index contributed by atoms with van der Waals surface area (Å²) in [5.74, 6) is -0.0382.